The van der Waals surface area contributed by atoms with Crippen molar-refractivity contribution in [2.75, 3.05) is 51.2 Å². The normalized spacial score (nSPS) is 18.6. The van der Waals surface area contributed by atoms with E-state index >= 15 is 0 Å². The van der Waals surface area contributed by atoms with Crippen LogP contribution in [-0.2, 0) is 4.79 Å². The molecule has 0 bridgehead atoms. The second-order valence-electron chi connectivity index (χ2n) is 7.34. The van der Waals surface area contributed by atoms with Gasteiger partial charge in [-0.05, 0) is 30.9 Å². The van der Waals surface area contributed by atoms with Crippen molar-refractivity contribution in [3.05, 3.63) is 24.4 Å². The van der Waals surface area contributed by atoms with Gasteiger partial charge in [-0.15, -0.1) is 0 Å². The number of carbonyl (C=O) groups excluding carboxylic acids is 1. The summed E-state index contributed by atoms with van der Waals surface area (Å²) in [7, 11) is 1.81. The van der Waals surface area contributed by atoms with Crippen LogP contribution in [0, 0.1) is 5.92 Å². The van der Waals surface area contributed by atoms with Crippen LogP contribution in [0.5, 0.6) is 0 Å². The van der Waals surface area contributed by atoms with E-state index in [-0.39, 0.29) is 5.91 Å². The minimum Gasteiger partial charge on any atom is -0.354 e. The SMILES string of the molecule is CN=C(NCCNC(=O)CC1CCCC1)N1CCN(c2ccccn2)CC1. The number of carbonyl (C=O) groups is 1. The number of guanidine groups is 1. The maximum absolute atomic E-state index is 12.0. The Morgan fingerprint density at radius 3 is 2.56 bits per heavy atom. The summed E-state index contributed by atoms with van der Waals surface area (Å²) in [5.74, 6) is 2.72. The van der Waals surface area contributed by atoms with Crippen LogP contribution in [-0.4, -0.2) is 68.1 Å². The number of anilines is 1. The molecule has 2 aliphatic rings. The molecule has 1 aliphatic carbocycles. The molecule has 148 valence electrons. The number of aliphatic imine (C=N–C) groups is 1. The van der Waals surface area contributed by atoms with Crippen LogP contribution in [0.3, 0.4) is 0 Å². The molecule has 2 N–H and O–H groups in total. The van der Waals surface area contributed by atoms with E-state index in [1.54, 1.807) is 0 Å². The molecule has 2 fully saturated rings. The van der Waals surface area contributed by atoms with Crippen molar-refractivity contribution in [1.29, 1.82) is 0 Å². The summed E-state index contributed by atoms with van der Waals surface area (Å²) >= 11 is 0. The summed E-state index contributed by atoms with van der Waals surface area (Å²) in [6.45, 7) is 5.00. The topological polar surface area (TPSA) is 72.9 Å². The fourth-order valence-electron chi connectivity index (χ4n) is 3.95. The van der Waals surface area contributed by atoms with Gasteiger partial charge in [0.05, 0.1) is 0 Å². The number of nitrogens with zero attached hydrogens (tertiary/aromatic N) is 4. The highest BCUT2D eigenvalue weighted by molar-refractivity contribution is 5.80. The molecule has 2 heterocycles. The van der Waals surface area contributed by atoms with Crippen molar-refractivity contribution < 1.29 is 4.79 Å². The molecular weight excluding hydrogens is 340 g/mol. The lowest BCUT2D eigenvalue weighted by atomic mass is 10.0. The number of piperazine rings is 1. The van der Waals surface area contributed by atoms with Gasteiger partial charge in [0.15, 0.2) is 5.96 Å². The van der Waals surface area contributed by atoms with Crippen LogP contribution in [0.15, 0.2) is 29.4 Å². The van der Waals surface area contributed by atoms with Gasteiger partial charge in [-0.2, -0.15) is 0 Å². The fourth-order valence-corrected chi connectivity index (χ4v) is 3.95. The highest BCUT2D eigenvalue weighted by atomic mass is 16.1. The monoisotopic (exact) mass is 372 g/mol. The van der Waals surface area contributed by atoms with Crippen molar-refractivity contribution >= 4 is 17.7 Å². The zero-order valence-corrected chi connectivity index (χ0v) is 16.4. The van der Waals surface area contributed by atoms with Gasteiger partial charge in [-0.1, -0.05) is 18.9 Å². The predicted octanol–water partition coefficient (Wildman–Crippen LogP) is 1.48. The van der Waals surface area contributed by atoms with Crippen molar-refractivity contribution in [2.24, 2.45) is 10.9 Å². The van der Waals surface area contributed by atoms with Gasteiger partial charge in [0.1, 0.15) is 5.82 Å². The van der Waals surface area contributed by atoms with E-state index in [9.17, 15) is 4.79 Å². The smallest absolute Gasteiger partial charge is 0.220 e. The summed E-state index contributed by atoms with van der Waals surface area (Å²) in [5, 5.41) is 6.40. The Morgan fingerprint density at radius 1 is 1.15 bits per heavy atom. The average Bonchev–Trinajstić information content (AvgIpc) is 3.22. The van der Waals surface area contributed by atoms with E-state index in [1.165, 1.54) is 25.7 Å². The molecule has 3 rings (SSSR count). The van der Waals surface area contributed by atoms with Gasteiger partial charge >= 0.3 is 0 Å². The van der Waals surface area contributed by atoms with E-state index in [2.05, 4.69) is 36.5 Å². The molecule has 0 radical (unpaired) electrons. The molecule has 1 amide bonds. The Balaban J connectivity index is 1.34. The lowest BCUT2D eigenvalue weighted by Crippen LogP contribution is -2.53. The maximum atomic E-state index is 12.0. The van der Waals surface area contributed by atoms with E-state index in [0.29, 0.717) is 25.4 Å². The molecule has 1 aromatic heterocycles. The second-order valence-corrected chi connectivity index (χ2v) is 7.34. The van der Waals surface area contributed by atoms with Gasteiger partial charge in [0, 0.05) is 58.9 Å². The Labute approximate surface area is 162 Å². The number of pyridine rings is 1. The first-order valence-electron chi connectivity index (χ1n) is 10.1. The van der Waals surface area contributed by atoms with Gasteiger partial charge < -0.3 is 20.4 Å². The summed E-state index contributed by atoms with van der Waals surface area (Å²) < 4.78 is 0. The Morgan fingerprint density at radius 2 is 1.89 bits per heavy atom. The van der Waals surface area contributed by atoms with Crippen LogP contribution in [0.4, 0.5) is 5.82 Å². The first-order chi connectivity index (χ1) is 13.3. The molecule has 0 spiro atoms. The largest absolute Gasteiger partial charge is 0.354 e. The van der Waals surface area contributed by atoms with Crippen molar-refractivity contribution in [3.63, 3.8) is 0 Å². The number of hydrogen-bond acceptors (Lipinski definition) is 4. The Kier molecular flexibility index (Phi) is 7.30. The molecule has 7 heteroatoms. The lowest BCUT2D eigenvalue weighted by molar-refractivity contribution is -0.121. The second kappa shape index (κ2) is 10.1. The van der Waals surface area contributed by atoms with E-state index < -0.39 is 0 Å². The molecule has 27 heavy (non-hydrogen) atoms. The number of aromatic nitrogens is 1. The third kappa shape index (κ3) is 5.84. The standard InChI is InChI=1S/C20H32N6O/c1-21-20(24-11-10-23-19(27)16-17-6-2-3-7-17)26-14-12-25(13-15-26)18-8-4-5-9-22-18/h4-5,8-9,17H,2-3,6-7,10-16H2,1H3,(H,21,24)(H,23,27). The van der Waals surface area contributed by atoms with E-state index in [0.717, 1.165) is 38.0 Å². The molecule has 1 saturated heterocycles. The molecule has 1 aliphatic heterocycles. The minimum atomic E-state index is 0.183. The quantitative estimate of drug-likeness (QED) is 0.450. The van der Waals surface area contributed by atoms with Crippen LogP contribution in [0.1, 0.15) is 32.1 Å². The fraction of sp³-hybridized carbons (Fsp3) is 0.650. The van der Waals surface area contributed by atoms with Crippen molar-refractivity contribution in [2.45, 2.75) is 32.1 Å². The van der Waals surface area contributed by atoms with Crippen molar-refractivity contribution in [3.8, 4) is 0 Å². The highest BCUT2D eigenvalue weighted by Gasteiger charge is 2.20. The molecule has 0 unspecified atom stereocenters. The summed E-state index contributed by atoms with van der Waals surface area (Å²) in [4.78, 5) is 25.4. The first-order valence-corrected chi connectivity index (χ1v) is 10.1. The molecule has 0 aromatic carbocycles. The summed E-state index contributed by atoms with van der Waals surface area (Å²) in [6.07, 6.45) is 7.51. The zero-order chi connectivity index (χ0) is 18.9. The number of nitrogens with one attached hydrogen (secondary N) is 2. The molecule has 0 atom stereocenters. The van der Waals surface area contributed by atoms with Crippen LogP contribution in [0.25, 0.3) is 0 Å². The third-order valence-corrected chi connectivity index (χ3v) is 5.44. The third-order valence-electron chi connectivity index (χ3n) is 5.44. The number of rotatable bonds is 6. The first kappa shape index (κ1) is 19.5. The molecule has 7 nitrogen and oxygen atoms in total. The molecule has 1 aromatic rings. The van der Waals surface area contributed by atoms with Crippen LogP contribution < -0.4 is 15.5 Å². The average molecular weight is 373 g/mol. The Hall–Kier alpha value is -2.31. The highest BCUT2D eigenvalue weighted by Crippen LogP contribution is 2.27. The van der Waals surface area contributed by atoms with Crippen molar-refractivity contribution in [1.82, 2.24) is 20.5 Å². The minimum absolute atomic E-state index is 0.183. The summed E-state index contributed by atoms with van der Waals surface area (Å²) in [5.41, 5.74) is 0. The van der Waals surface area contributed by atoms with Gasteiger partial charge in [-0.25, -0.2) is 4.98 Å². The zero-order valence-electron chi connectivity index (χ0n) is 16.4. The predicted molar refractivity (Wildman–Crippen MR) is 109 cm³/mol. The van der Waals surface area contributed by atoms with E-state index in [4.69, 9.17) is 0 Å². The molecular formula is C20H32N6O. The maximum Gasteiger partial charge on any atom is 0.220 e. The molecule has 1 saturated carbocycles. The van der Waals surface area contributed by atoms with Gasteiger partial charge in [-0.3, -0.25) is 9.79 Å². The lowest BCUT2D eigenvalue weighted by Gasteiger charge is -2.37. The van der Waals surface area contributed by atoms with Crippen LogP contribution in [0.2, 0.25) is 0 Å². The van der Waals surface area contributed by atoms with Gasteiger partial charge in [0.2, 0.25) is 5.91 Å². The number of amides is 1. The van der Waals surface area contributed by atoms with Gasteiger partial charge in [0.25, 0.3) is 0 Å². The summed E-state index contributed by atoms with van der Waals surface area (Å²) in [6, 6.07) is 6.02. The van der Waals surface area contributed by atoms with Crippen LogP contribution >= 0.6 is 0 Å². The van der Waals surface area contributed by atoms with E-state index in [1.807, 2.05) is 25.4 Å². The Bertz CT molecular complexity index is 606. The number of hydrogen-bond donors (Lipinski definition) is 2.